The van der Waals surface area contributed by atoms with Crippen LogP contribution in [0, 0.1) is 11.3 Å². The third kappa shape index (κ3) is 4.10. The lowest BCUT2D eigenvalue weighted by Gasteiger charge is -2.42. The Labute approximate surface area is 166 Å². The molecule has 28 heavy (non-hydrogen) atoms. The number of methoxy groups -OCH3 is 2. The summed E-state index contributed by atoms with van der Waals surface area (Å²) in [6, 6.07) is 3.28. The molecular weight excluding hydrogens is 358 g/mol. The standard InChI is InChI=1S/C22H31NO5/c1-22(2)8-5-6-15(13-22)21(26)23-9-7-14-10-18(27-3)19(28-4)11-16(14)17(23)12-20(24)25/h10-11,15,17H,5-9,12-13H2,1-4H3,(H,24,25). The van der Waals surface area contributed by atoms with Crippen molar-refractivity contribution in [1.82, 2.24) is 4.90 Å². The van der Waals surface area contributed by atoms with E-state index in [4.69, 9.17) is 9.47 Å². The summed E-state index contributed by atoms with van der Waals surface area (Å²) in [6.45, 7) is 4.96. The summed E-state index contributed by atoms with van der Waals surface area (Å²) < 4.78 is 10.8. The second-order valence-corrected chi connectivity index (χ2v) is 8.76. The fraction of sp³-hybridized carbons (Fsp3) is 0.636. The molecule has 0 saturated heterocycles. The summed E-state index contributed by atoms with van der Waals surface area (Å²) in [5.41, 5.74) is 2.04. The van der Waals surface area contributed by atoms with Gasteiger partial charge < -0.3 is 19.5 Å². The minimum atomic E-state index is -0.908. The van der Waals surface area contributed by atoms with Crippen LogP contribution in [0.5, 0.6) is 11.5 Å². The molecule has 1 saturated carbocycles. The number of rotatable bonds is 5. The molecule has 2 aliphatic rings. The van der Waals surface area contributed by atoms with Gasteiger partial charge in [0.1, 0.15) is 0 Å². The van der Waals surface area contributed by atoms with E-state index < -0.39 is 12.0 Å². The van der Waals surface area contributed by atoms with Gasteiger partial charge in [0.15, 0.2) is 11.5 Å². The van der Waals surface area contributed by atoms with Gasteiger partial charge in [-0.15, -0.1) is 0 Å². The molecule has 1 fully saturated rings. The number of amides is 1. The molecule has 0 bridgehead atoms. The van der Waals surface area contributed by atoms with E-state index in [0.717, 1.165) is 36.8 Å². The van der Waals surface area contributed by atoms with Gasteiger partial charge in [0.25, 0.3) is 0 Å². The van der Waals surface area contributed by atoms with Gasteiger partial charge in [-0.2, -0.15) is 0 Å². The Morgan fingerprint density at radius 2 is 1.89 bits per heavy atom. The third-order valence-electron chi connectivity index (χ3n) is 6.21. The van der Waals surface area contributed by atoms with Crippen LogP contribution in [0.2, 0.25) is 0 Å². The summed E-state index contributed by atoms with van der Waals surface area (Å²) in [7, 11) is 3.15. The Hall–Kier alpha value is -2.24. The van der Waals surface area contributed by atoms with Crippen molar-refractivity contribution < 1.29 is 24.2 Å². The zero-order valence-corrected chi connectivity index (χ0v) is 17.3. The molecule has 0 radical (unpaired) electrons. The number of hydrogen-bond acceptors (Lipinski definition) is 4. The maximum atomic E-state index is 13.4. The molecule has 1 amide bonds. The van der Waals surface area contributed by atoms with Gasteiger partial charge >= 0.3 is 5.97 Å². The molecule has 0 aromatic heterocycles. The Morgan fingerprint density at radius 3 is 2.50 bits per heavy atom. The van der Waals surface area contributed by atoms with Gasteiger partial charge in [0, 0.05) is 12.5 Å². The van der Waals surface area contributed by atoms with Crippen LogP contribution in [0.25, 0.3) is 0 Å². The van der Waals surface area contributed by atoms with E-state index in [1.807, 2.05) is 12.1 Å². The maximum Gasteiger partial charge on any atom is 0.305 e. The van der Waals surface area contributed by atoms with Crippen molar-refractivity contribution in [2.24, 2.45) is 11.3 Å². The molecule has 1 N–H and O–H groups in total. The van der Waals surface area contributed by atoms with Gasteiger partial charge in [-0.1, -0.05) is 20.3 Å². The summed E-state index contributed by atoms with van der Waals surface area (Å²) in [5.74, 6) is 0.351. The SMILES string of the molecule is COc1cc2c(cc1OC)C(CC(=O)O)N(C(=O)C1CCCC(C)(C)C1)CC2. The van der Waals surface area contributed by atoms with Crippen molar-refractivity contribution >= 4 is 11.9 Å². The van der Waals surface area contributed by atoms with Crippen molar-refractivity contribution in [2.75, 3.05) is 20.8 Å². The number of hydrogen-bond donors (Lipinski definition) is 1. The maximum absolute atomic E-state index is 13.4. The fourth-order valence-corrected chi connectivity index (χ4v) is 4.82. The van der Waals surface area contributed by atoms with Crippen molar-refractivity contribution in [3.8, 4) is 11.5 Å². The predicted molar refractivity (Wildman–Crippen MR) is 106 cm³/mol. The second-order valence-electron chi connectivity index (χ2n) is 8.76. The van der Waals surface area contributed by atoms with E-state index in [-0.39, 0.29) is 23.7 Å². The highest BCUT2D eigenvalue weighted by atomic mass is 16.5. The van der Waals surface area contributed by atoms with Crippen LogP contribution in [0.4, 0.5) is 0 Å². The van der Waals surface area contributed by atoms with Crippen molar-refractivity contribution in [3.63, 3.8) is 0 Å². The zero-order chi connectivity index (χ0) is 20.5. The van der Waals surface area contributed by atoms with Crippen LogP contribution < -0.4 is 9.47 Å². The molecule has 6 heteroatoms. The summed E-state index contributed by atoms with van der Waals surface area (Å²) in [6.07, 6.45) is 4.51. The van der Waals surface area contributed by atoms with E-state index in [0.29, 0.717) is 24.5 Å². The Morgan fingerprint density at radius 1 is 1.21 bits per heavy atom. The highest BCUT2D eigenvalue weighted by molar-refractivity contribution is 5.81. The molecule has 1 aromatic carbocycles. The molecule has 2 atom stereocenters. The first-order valence-electron chi connectivity index (χ1n) is 10.0. The van der Waals surface area contributed by atoms with Crippen LogP contribution in [-0.4, -0.2) is 42.6 Å². The van der Waals surface area contributed by atoms with Crippen LogP contribution in [0.1, 0.15) is 63.1 Å². The molecule has 0 spiro atoms. The van der Waals surface area contributed by atoms with Crippen molar-refractivity contribution in [2.45, 2.75) is 58.4 Å². The first-order valence-corrected chi connectivity index (χ1v) is 10.0. The van der Waals surface area contributed by atoms with Gasteiger partial charge in [-0.05, 0) is 54.4 Å². The monoisotopic (exact) mass is 389 g/mol. The summed E-state index contributed by atoms with van der Waals surface area (Å²) in [4.78, 5) is 26.8. The molecule has 1 aliphatic heterocycles. The van der Waals surface area contributed by atoms with Gasteiger partial charge in [0.2, 0.25) is 5.91 Å². The van der Waals surface area contributed by atoms with Gasteiger partial charge in [-0.25, -0.2) is 0 Å². The molecule has 1 aliphatic carbocycles. The summed E-state index contributed by atoms with van der Waals surface area (Å²) in [5, 5.41) is 9.52. The minimum absolute atomic E-state index is 0.0262. The number of carboxylic acids is 1. The van der Waals surface area contributed by atoms with E-state index in [1.54, 1.807) is 19.1 Å². The lowest BCUT2D eigenvalue weighted by atomic mass is 9.71. The number of ether oxygens (including phenoxy) is 2. The van der Waals surface area contributed by atoms with Crippen molar-refractivity contribution in [1.29, 1.82) is 0 Å². The van der Waals surface area contributed by atoms with Crippen LogP contribution in [0.3, 0.4) is 0 Å². The number of nitrogens with zero attached hydrogens (tertiary/aromatic N) is 1. The number of carbonyl (C=O) groups excluding carboxylic acids is 1. The van der Waals surface area contributed by atoms with E-state index >= 15 is 0 Å². The van der Waals surface area contributed by atoms with Crippen LogP contribution in [-0.2, 0) is 16.0 Å². The number of fused-ring (bicyclic) bond motifs is 1. The molecule has 154 valence electrons. The molecule has 1 heterocycles. The quantitative estimate of drug-likeness (QED) is 0.828. The third-order valence-corrected chi connectivity index (χ3v) is 6.21. The van der Waals surface area contributed by atoms with Crippen LogP contribution in [0.15, 0.2) is 12.1 Å². The Bertz CT molecular complexity index is 758. The highest BCUT2D eigenvalue weighted by Gasteiger charge is 2.39. The molecule has 2 unspecified atom stereocenters. The fourth-order valence-electron chi connectivity index (χ4n) is 4.82. The number of benzene rings is 1. The first-order chi connectivity index (χ1) is 13.3. The van der Waals surface area contributed by atoms with E-state index in [9.17, 15) is 14.7 Å². The number of carboxylic acid groups (broad SMARTS) is 1. The largest absolute Gasteiger partial charge is 0.493 e. The average Bonchev–Trinajstić information content (AvgIpc) is 2.65. The number of carbonyl (C=O) groups is 2. The zero-order valence-electron chi connectivity index (χ0n) is 17.3. The van der Waals surface area contributed by atoms with E-state index in [2.05, 4.69) is 13.8 Å². The second kappa shape index (κ2) is 8.02. The topological polar surface area (TPSA) is 76.1 Å². The average molecular weight is 389 g/mol. The summed E-state index contributed by atoms with van der Waals surface area (Å²) >= 11 is 0. The molecule has 6 nitrogen and oxygen atoms in total. The van der Waals surface area contributed by atoms with Crippen molar-refractivity contribution in [3.05, 3.63) is 23.3 Å². The normalized spacial score (nSPS) is 23.6. The highest BCUT2D eigenvalue weighted by Crippen LogP contribution is 2.43. The van der Waals surface area contributed by atoms with Gasteiger partial charge in [-0.3, -0.25) is 9.59 Å². The Kier molecular flexibility index (Phi) is 5.87. The predicted octanol–water partition coefficient (Wildman–Crippen LogP) is 3.82. The molecule has 3 rings (SSSR count). The minimum Gasteiger partial charge on any atom is -0.493 e. The molecule has 1 aromatic rings. The number of aliphatic carboxylic acids is 1. The first kappa shape index (κ1) is 20.5. The van der Waals surface area contributed by atoms with Gasteiger partial charge in [0.05, 0.1) is 26.7 Å². The lowest BCUT2D eigenvalue weighted by Crippen LogP contribution is -2.45. The Balaban J connectivity index is 1.94. The van der Waals surface area contributed by atoms with E-state index in [1.165, 1.54) is 0 Å². The lowest BCUT2D eigenvalue weighted by molar-refractivity contribution is -0.144. The van der Waals surface area contributed by atoms with Crippen LogP contribution >= 0.6 is 0 Å². The molecular formula is C22H31NO5. The smallest absolute Gasteiger partial charge is 0.305 e.